The van der Waals surface area contributed by atoms with Crippen LogP contribution in [0.5, 0.6) is 0 Å². The standard InChI is InChI=1S/C15H19F4NO/c1-2-7-20-8-5-14(21,6-9-20)11-3-4-13(16)12(10-11)15(17,18)19/h3-4,10,21H,2,5-9H2,1H3. The molecule has 0 aliphatic carbocycles. The minimum Gasteiger partial charge on any atom is -0.385 e. The summed E-state index contributed by atoms with van der Waals surface area (Å²) in [6.07, 6.45) is -3.04. The van der Waals surface area contributed by atoms with E-state index in [2.05, 4.69) is 11.8 Å². The fourth-order valence-corrected chi connectivity index (χ4v) is 2.78. The van der Waals surface area contributed by atoms with Crippen LogP contribution < -0.4 is 0 Å². The Kier molecular flexibility index (Phi) is 4.58. The third kappa shape index (κ3) is 3.55. The molecule has 1 saturated heterocycles. The second kappa shape index (κ2) is 5.93. The smallest absolute Gasteiger partial charge is 0.385 e. The van der Waals surface area contributed by atoms with Crippen molar-refractivity contribution in [2.24, 2.45) is 0 Å². The Balaban J connectivity index is 2.22. The van der Waals surface area contributed by atoms with E-state index in [4.69, 9.17) is 0 Å². The van der Waals surface area contributed by atoms with Crippen LogP contribution in [0.1, 0.15) is 37.3 Å². The van der Waals surface area contributed by atoms with E-state index in [-0.39, 0.29) is 5.56 Å². The monoisotopic (exact) mass is 305 g/mol. The summed E-state index contributed by atoms with van der Waals surface area (Å²) in [6.45, 7) is 4.22. The lowest BCUT2D eigenvalue weighted by Gasteiger charge is -2.38. The minimum absolute atomic E-state index is 0.146. The van der Waals surface area contributed by atoms with Gasteiger partial charge in [0.05, 0.1) is 11.2 Å². The Hall–Kier alpha value is -1.14. The van der Waals surface area contributed by atoms with Gasteiger partial charge in [-0.2, -0.15) is 13.2 Å². The lowest BCUT2D eigenvalue weighted by molar-refractivity contribution is -0.140. The van der Waals surface area contributed by atoms with Gasteiger partial charge in [-0.3, -0.25) is 0 Å². The Morgan fingerprint density at radius 3 is 2.38 bits per heavy atom. The van der Waals surface area contributed by atoms with Crippen molar-refractivity contribution in [3.8, 4) is 0 Å². The average molecular weight is 305 g/mol. The van der Waals surface area contributed by atoms with Gasteiger partial charge in [0.25, 0.3) is 0 Å². The van der Waals surface area contributed by atoms with E-state index >= 15 is 0 Å². The predicted octanol–water partition coefficient (Wildman–Crippen LogP) is 3.54. The van der Waals surface area contributed by atoms with Gasteiger partial charge in [0.1, 0.15) is 5.82 Å². The van der Waals surface area contributed by atoms with Crippen molar-refractivity contribution < 1.29 is 22.7 Å². The molecule has 0 aromatic heterocycles. The van der Waals surface area contributed by atoms with Crippen molar-refractivity contribution in [2.45, 2.75) is 38.0 Å². The zero-order valence-corrected chi connectivity index (χ0v) is 11.9. The van der Waals surface area contributed by atoms with E-state index in [0.29, 0.717) is 25.9 Å². The van der Waals surface area contributed by atoms with Crippen molar-refractivity contribution in [3.05, 3.63) is 35.1 Å². The van der Waals surface area contributed by atoms with E-state index in [0.717, 1.165) is 25.1 Å². The molecule has 2 rings (SSSR count). The van der Waals surface area contributed by atoms with Gasteiger partial charge < -0.3 is 10.0 Å². The Labute approximate surface area is 121 Å². The highest BCUT2D eigenvalue weighted by molar-refractivity contribution is 5.31. The van der Waals surface area contributed by atoms with Gasteiger partial charge in [-0.05, 0) is 43.5 Å². The van der Waals surface area contributed by atoms with E-state index in [1.807, 2.05) is 0 Å². The normalized spacial score (nSPS) is 19.7. The molecule has 1 N–H and O–H groups in total. The first-order chi connectivity index (χ1) is 9.76. The SMILES string of the molecule is CCCN1CCC(O)(c2ccc(F)c(C(F)(F)F)c2)CC1. The number of alkyl halides is 3. The Bertz CT molecular complexity index is 493. The highest BCUT2D eigenvalue weighted by Gasteiger charge is 2.38. The quantitative estimate of drug-likeness (QED) is 0.864. The maximum atomic E-state index is 13.3. The number of rotatable bonds is 3. The van der Waals surface area contributed by atoms with Gasteiger partial charge in [-0.1, -0.05) is 13.0 Å². The molecule has 0 radical (unpaired) electrons. The van der Waals surface area contributed by atoms with Crippen LogP contribution in [0.2, 0.25) is 0 Å². The van der Waals surface area contributed by atoms with Crippen LogP contribution in [0.15, 0.2) is 18.2 Å². The number of hydrogen-bond acceptors (Lipinski definition) is 2. The number of likely N-dealkylation sites (tertiary alicyclic amines) is 1. The number of aliphatic hydroxyl groups is 1. The molecule has 0 unspecified atom stereocenters. The topological polar surface area (TPSA) is 23.5 Å². The largest absolute Gasteiger partial charge is 0.419 e. The molecule has 6 heteroatoms. The maximum absolute atomic E-state index is 13.3. The van der Waals surface area contributed by atoms with Crippen LogP contribution in [0.4, 0.5) is 17.6 Å². The fraction of sp³-hybridized carbons (Fsp3) is 0.600. The number of benzene rings is 1. The zero-order chi connectivity index (χ0) is 15.7. The van der Waals surface area contributed by atoms with Gasteiger partial charge in [0, 0.05) is 13.1 Å². The summed E-state index contributed by atoms with van der Waals surface area (Å²) >= 11 is 0. The zero-order valence-electron chi connectivity index (χ0n) is 11.9. The molecular weight excluding hydrogens is 286 g/mol. The van der Waals surface area contributed by atoms with Gasteiger partial charge in [-0.15, -0.1) is 0 Å². The van der Waals surface area contributed by atoms with Gasteiger partial charge in [-0.25, -0.2) is 4.39 Å². The molecular formula is C15H19F4NO. The lowest BCUT2D eigenvalue weighted by atomic mass is 9.83. The first-order valence-electron chi connectivity index (χ1n) is 7.08. The predicted molar refractivity (Wildman–Crippen MR) is 71.3 cm³/mol. The molecule has 2 nitrogen and oxygen atoms in total. The van der Waals surface area contributed by atoms with Crippen molar-refractivity contribution in [2.75, 3.05) is 19.6 Å². The summed E-state index contributed by atoms with van der Waals surface area (Å²) in [5.41, 5.74) is -2.48. The molecule has 0 atom stereocenters. The number of piperidine rings is 1. The van der Waals surface area contributed by atoms with Crippen LogP contribution in [-0.2, 0) is 11.8 Å². The van der Waals surface area contributed by atoms with Gasteiger partial charge >= 0.3 is 6.18 Å². The van der Waals surface area contributed by atoms with Crippen molar-refractivity contribution in [1.29, 1.82) is 0 Å². The first kappa shape index (κ1) is 16.2. The van der Waals surface area contributed by atoms with Crippen LogP contribution in [0.3, 0.4) is 0 Å². The lowest BCUT2D eigenvalue weighted by Crippen LogP contribution is -2.42. The average Bonchev–Trinajstić information content (AvgIpc) is 2.41. The summed E-state index contributed by atoms with van der Waals surface area (Å²) in [5.74, 6) is -1.31. The van der Waals surface area contributed by atoms with Crippen LogP contribution in [0.25, 0.3) is 0 Å². The van der Waals surface area contributed by atoms with Crippen molar-refractivity contribution in [3.63, 3.8) is 0 Å². The van der Waals surface area contributed by atoms with E-state index in [9.17, 15) is 22.7 Å². The second-order valence-corrected chi connectivity index (χ2v) is 5.57. The molecule has 0 spiro atoms. The molecule has 0 saturated carbocycles. The summed E-state index contributed by atoms with van der Waals surface area (Å²) < 4.78 is 51.6. The summed E-state index contributed by atoms with van der Waals surface area (Å²) in [7, 11) is 0. The third-order valence-electron chi connectivity index (χ3n) is 4.03. The van der Waals surface area contributed by atoms with E-state index in [1.165, 1.54) is 6.07 Å². The van der Waals surface area contributed by atoms with Crippen LogP contribution >= 0.6 is 0 Å². The Morgan fingerprint density at radius 1 is 1.24 bits per heavy atom. The second-order valence-electron chi connectivity index (χ2n) is 5.57. The van der Waals surface area contributed by atoms with E-state index < -0.39 is 23.2 Å². The van der Waals surface area contributed by atoms with Crippen molar-refractivity contribution in [1.82, 2.24) is 4.90 Å². The van der Waals surface area contributed by atoms with Gasteiger partial charge in [0.2, 0.25) is 0 Å². The minimum atomic E-state index is -4.75. The molecule has 1 aliphatic heterocycles. The molecule has 118 valence electrons. The fourth-order valence-electron chi connectivity index (χ4n) is 2.78. The van der Waals surface area contributed by atoms with E-state index in [1.54, 1.807) is 0 Å². The molecule has 21 heavy (non-hydrogen) atoms. The highest BCUT2D eigenvalue weighted by atomic mass is 19.4. The van der Waals surface area contributed by atoms with Crippen LogP contribution in [0, 0.1) is 5.82 Å². The molecule has 1 aromatic carbocycles. The number of nitrogens with zero attached hydrogens (tertiary/aromatic N) is 1. The molecule has 0 amide bonds. The molecule has 1 fully saturated rings. The molecule has 1 aromatic rings. The highest BCUT2D eigenvalue weighted by Crippen LogP contribution is 2.37. The van der Waals surface area contributed by atoms with Gasteiger partial charge in [0.15, 0.2) is 0 Å². The first-order valence-corrected chi connectivity index (χ1v) is 7.08. The molecule has 0 bridgehead atoms. The van der Waals surface area contributed by atoms with Crippen molar-refractivity contribution >= 4 is 0 Å². The summed E-state index contributed by atoms with van der Waals surface area (Å²) in [4.78, 5) is 2.17. The molecule has 1 aliphatic rings. The summed E-state index contributed by atoms with van der Waals surface area (Å²) in [6, 6.07) is 2.78. The third-order valence-corrected chi connectivity index (χ3v) is 4.03. The maximum Gasteiger partial charge on any atom is 0.419 e. The Morgan fingerprint density at radius 2 is 1.86 bits per heavy atom. The number of halogens is 4. The molecule has 1 heterocycles. The summed E-state index contributed by atoms with van der Waals surface area (Å²) in [5, 5.41) is 10.6. The van der Waals surface area contributed by atoms with Crippen LogP contribution in [-0.4, -0.2) is 29.6 Å². The number of hydrogen-bond donors (Lipinski definition) is 1.